The molecule has 0 radical (unpaired) electrons. The van der Waals surface area contributed by atoms with Crippen LogP contribution in [0, 0.1) is 0 Å². The number of aromatic nitrogens is 3. The maximum absolute atomic E-state index is 9.44. The summed E-state index contributed by atoms with van der Waals surface area (Å²) in [6.07, 6.45) is 1.82. The standard InChI is InChI=1S/C11H11ClN4O2/c12-7-2-1-3-13-9(7)10-15-11(18-16-10)8-4-6(17)5-14-8/h1-3,6,8,14,17H,4-5H2/t6-,8+/m0/s1. The van der Waals surface area contributed by atoms with Gasteiger partial charge < -0.3 is 14.9 Å². The highest BCUT2D eigenvalue weighted by molar-refractivity contribution is 6.32. The van der Waals surface area contributed by atoms with E-state index in [0.29, 0.717) is 35.4 Å². The Morgan fingerprint density at radius 1 is 1.50 bits per heavy atom. The third kappa shape index (κ3) is 2.10. The number of aliphatic hydroxyl groups is 1. The van der Waals surface area contributed by atoms with Crippen molar-refractivity contribution in [2.24, 2.45) is 0 Å². The maximum atomic E-state index is 9.44. The van der Waals surface area contributed by atoms with Gasteiger partial charge in [0.05, 0.1) is 17.2 Å². The molecule has 0 aromatic carbocycles. The molecule has 0 spiro atoms. The molecule has 2 atom stereocenters. The number of halogens is 1. The highest BCUT2D eigenvalue weighted by Crippen LogP contribution is 2.26. The summed E-state index contributed by atoms with van der Waals surface area (Å²) in [5, 5.41) is 16.9. The quantitative estimate of drug-likeness (QED) is 0.849. The fourth-order valence-corrected chi connectivity index (χ4v) is 2.13. The van der Waals surface area contributed by atoms with E-state index in [1.54, 1.807) is 18.3 Å². The fraction of sp³-hybridized carbons (Fsp3) is 0.364. The van der Waals surface area contributed by atoms with Gasteiger partial charge >= 0.3 is 0 Å². The number of nitrogens with zero attached hydrogens (tertiary/aromatic N) is 3. The first-order valence-electron chi connectivity index (χ1n) is 5.60. The Morgan fingerprint density at radius 2 is 2.39 bits per heavy atom. The Morgan fingerprint density at radius 3 is 3.11 bits per heavy atom. The molecule has 1 saturated heterocycles. The first-order chi connectivity index (χ1) is 8.74. The summed E-state index contributed by atoms with van der Waals surface area (Å²) in [7, 11) is 0. The molecule has 0 saturated carbocycles. The Hall–Kier alpha value is -1.50. The van der Waals surface area contributed by atoms with Gasteiger partial charge in [0.15, 0.2) is 0 Å². The number of rotatable bonds is 2. The Bertz CT molecular complexity index is 559. The van der Waals surface area contributed by atoms with Crippen molar-refractivity contribution >= 4 is 11.6 Å². The Labute approximate surface area is 108 Å². The van der Waals surface area contributed by atoms with Crippen LogP contribution < -0.4 is 5.32 Å². The fourth-order valence-electron chi connectivity index (χ4n) is 1.93. The molecule has 0 amide bonds. The number of β-amino-alcohol motifs (C(OH)–C–C–N with tert-alkyl or cyclic N) is 1. The van der Waals surface area contributed by atoms with Crippen LogP contribution in [0.1, 0.15) is 18.4 Å². The van der Waals surface area contributed by atoms with E-state index >= 15 is 0 Å². The molecule has 0 aliphatic carbocycles. The molecule has 1 aliphatic heterocycles. The minimum absolute atomic E-state index is 0.108. The zero-order valence-corrected chi connectivity index (χ0v) is 10.1. The van der Waals surface area contributed by atoms with Crippen LogP contribution in [0.4, 0.5) is 0 Å². The lowest BCUT2D eigenvalue weighted by atomic mass is 10.2. The van der Waals surface area contributed by atoms with E-state index in [9.17, 15) is 5.11 Å². The molecule has 2 aromatic heterocycles. The van der Waals surface area contributed by atoms with Crippen LogP contribution in [0.3, 0.4) is 0 Å². The van der Waals surface area contributed by atoms with E-state index in [2.05, 4.69) is 20.4 Å². The smallest absolute Gasteiger partial charge is 0.244 e. The molecule has 3 heterocycles. The minimum atomic E-state index is -0.371. The molecule has 0 bridgehead atoms. The number of hydrogen-bond donors (Lipinski definition) is 2. The molecule has 94 valence electrons. The molecule has 6 nitrogen and oxygen atoms in total. The molecular weight excluding hydrogens is 256 g/mol. The van der Waals surface area contributed by atoms with E-state index in [-0.39, 0.29) is 12.1 Å². The second-order valence-electron chi connectivity index (χ2n) is 4.14. The molecule has 7 heteroatoms. The van der Waals surface area contributed by atoms with Gasteiger partial charge in [-0.3, -0.25) is 4.98 Å². The van der Waals surface area contributed by atoms with Crippen LogP contribution in [0.2, 0.25) is 5.02 Å². The van der Waals surface area contributed by atoms with Crippen LogP contribution in [0.25, 0.3) is 11.5 Å². The van der Waals surface area contributed by atoms with Crippen LogP contribution in [0.15, 0.2) is 22.9 Å². The number of pyridine rings is 1. The average molecular weight is 267 g/mol. The zero-order chi connectivity index (χ0) is 12.5. The highest BCUT2D eigenvalue weighted by atomic mass is 35.5. The van der Waals surface area contributed by atoms with Crippen molar-refractivity contribution in [3.05, 3.63) is 29.2 Å². The lowest BCUT2D eigenvalue weighted by molar-refractivity contribution is 0.191. The number of aliphatic hydroxyl groups excluding tert-OH is 1. The van der Waals surface area contributed by atoms with Gasteiger partial charge in [-0.05, 0) is 18.6 Å². The van der Waals surface area contributed by atoms with Crippen LogP contribution in [0.5, 0.6) is 0 Å². The van der Waals surface area contributed by atoms with E-state index in [4.69, 9.17) is 16.1 Å². The van der Waals surface area contributed by atoms with Gasteiger partial charge in [-0.25, -0.2) is 0 Å². The van der Waals surface area contributed by atoms with Gasteiger partial charge in [0.1, 0.15) is 5.69 Å². The third-order valence-electron chi connectivity index (χ3n) is 2.82. The van der Waals surface area contributed by atoms with Crippen molar-refractivity contribution in [1.82, 2.24) is 20.4 Å². The Balaban J connectivity index is 1.88. The summed E-state index contributed by atoms with van der Waals surface area (Å²) in [4.78, 5) is 8.38. The van der Waals surface area contributed by atoms with Gasteiger partial charge in [0.2, 0.25) is 11.7 Å². The van der Waals surface area contributed by atoms with Gasteiger partial charge in [0, 0.05) is 12.7 Å². The molecule has 1 fully saturated rings. The molecule has 18 heavy (non-hydrogen) atoms. The monoisotopic (exact) mass is 266 g/mol. The summed E-state index contributed by atoms with van der Waals surface area (Å²) in [5.74, 6) is 0.807. The average Bonchev–Trinajstić information content (AvgIpc) is 2.98. The van der Waals surface area contributed by atoms with Crippen molar-refractivity contribution < 1.29 is 9.63 Å². The molecular formula is C11H11ClN4O2. The maximum Gasteiger partial charge on any atom is 0.244 e. The number of hydrogen-bond acceptors (Lipinski definition) is 6. The summed E-state index contributed by atoms with van der Waals surface area (Å²) in [5.41, 5.74) is 0.493. The molecule has 3 rings (SSSR count). The molecule has 2 N–H and O–H groups in total. The molecule has 1 aliphatic rings. The SMILES string of the molecule is O[C@@H]1CN[C@@H](c2nc(-c3ncccc3Cl)no2)C1. The Kier molecular flexibility index (Phi) is 2.99. The summed E-state index contributed by atoms with van der Waals surface area (Å²) in [6.45, 7) is 0.534. The van der Waals surface area contributed by atoms with Crippen LogP contribution in [-0.2, 0) is 0 Å². The summed E-state index contributed by atoms with van der Waals surface area (Å²) in [6, 6.07) is 3.35. The second-order valence-corrected chi connectivity index (χ2v) is 4.55. The zero-order valence-electron chi connectivity index (χ0n) is 9.38. The van der Waals surface area contributed by atoms with Crippen LogP contribution in [-0.4, -0.2) is 32.9 Å². The van der Waals surface area contributed by atoms with Gasteiger partial charge in [0.25, 0.3) is 0 Å². The predicted octanol–water partition coefficient (Wildman–Crippen LogP) is 1.18. The van der Waals surface area contributed by atoms with E-state index in [1.807, 2.05) is 0 Å². The largest absolute Gasteiger partial charge is 0.392 e. The van der Waals surface area contributed by atoms with Gasteiger partial charge in [-0.15, -0.1) is 0 Å². The van der Waals surface area contributed by atoms with Crippen molar-refractivity contribution in [1.29, 1.82) is 0 Å². The van der Waals surface area contributed by atoms with Gasteiger partial charge in [-0.1, -0.05) is 16.8 Å². The minimum Gasteiger partial charge on any atom is -0.392 e. The lowest BCUT2D eigenvalue weighted by Gasteiger charge is -2.01. The van der Waals surface area contributed by atoms with Gasteiger partial charge in [-0.2, -0.15) is 4.98 Å². The number of nitrogens with one attached hydrogen (secondary N) is 1. The van der Waals surface area contributed by atoms with Crippen molar-refractivity contribution in [3.8, 4) is 11.5 Å². The van der Waals surface area contributed by atoms with E-state index in [1.165, 1.54) is 0 Å². The molecule has 0 unspecified atom stereocenters. The third-order valence-corrected chi connectivity index (χ3v) is 3.12. The predicted molar refractivity (Wildman–Crippen MR) is 63.9 cm³/mol. The van der Waals surface area contributed by atoms with Crippen LogP contribution >= 0.6 is 11.6 Å². The lowest BCUT2D eigenvalue weighted by Crippen LogP contribution is -2.15. The molecule has 2 aromatic rings. The first-order valence-corrected chi connectivity index (χ1v) is 5.98. The summed E-state index contributed by atoms with van der Waals surface area (Å²) >= 11 is 6.01. The topological polar surface area (TPSA) is 84.1 Å². The van der Waals surface area contributed by atoms with Crippen molar-refractivity contribution in [2.75, 3.05) is 6.54 Å². The second kappa shape index (κ2) is 4.64. The highest BCUT2D eigenvalue weighted by Gasteiger charge is 2.28. The summed E-state index contributed by atoms with van der Waals surface area (Å²) < 4.78 is 5.17. The normalized spacial score (nSPS) is 23.4. The van der Waals surface area contributed by atoms with Crippen molar-refractivity contribution in [3.63, 3.8) is 0 Å². The first kappa shape index (κ1) is 11.6. The van der Waals surface area contributed by atoms with Crippen molar-refractivity contribution in [2.45, 2.75) is 18.6 Å². The van der Waals surface area contributed by atoms with E-state index in [0.717, 1.165) is 0 Å². The van der Waals surface area contributed by atoms with E-state index < -0.39 is 0 Å².